The van der Waals surface area contributed by atoms with Crippen molar-refractivity contribution in [3.63, 3.8) is 0 Å². The smallest absolute Gasteiger partial charge is 0.132 e. The fourth-order valence-corrected chi connectivity index (χ4v) is 19.8. The number of phenolic OH excluding ortho intramolecular Hbond substituents is 7. The zero-order valence-corrected chi connectivity index (χ0v) is 86.6. The highest BCUT2D eigenvalue weighted by Gasteiger charge is 2.69. The van der Waals surface area contributed by atoms with E-state index in [4.69, 9.17) is 23.7 Å². The number of rotatable bonds is 35. The molecule has 6 unspecified atom stereocenters. The van der Waals surface area contributed by atoms with Crippen LogP contribution in [0.1, 0.15) is 379 Å². The Bertz CT molecular complexity index is 5220. The Kier molecular flexibility index (Phi) is 41.2. The second kappa shape index (κ2) is 50.6. The molecule has 0 radical (unpaired) electrons. The lowest BCUT2D eigenvalue weighted by Gasteiger charge is -2.62. The number of allylic oxidation sites excluding steroid dienone is 12. The first kappa shape index (κ1) is 108. The van der Waals surface area contributed by atoms with Crippen LogP contribution in [0.15, 0.2) is 173 Å². The second-order valence-electron chi connectivity index (χ2n) is 41.4. The fourth-order valence-electron chi connectivity index (χ4n) is 19.8. The van der Waals surface area contributed by atoms with E-state index in [9.17, 15) is 35.7 Å². The topological polar surface area (TPSA) is 188 Å². The zero-order chi connectivity index (χ0) is 97.7. The van der Waals surface area contributed by atoms with E-state index < -0.39 is 0 Å². The average molecular weight is 1820 g/mol. The van der Waals surface area contributed by atoms with Gasteiger partial charge in [0.25, 0.3) is 0 Å². The summed E-state index contributed by atoms with van der Waals surface area (Å²) in [6.45, 7) is 51.7. The van der Waals surface area contributed by atoms with E-state index in [1.807, 2.05) is 42.5 Å². The summed E-state index contributed by atoms with van der Waals surface area (Å²) in [7, 11) is 1.68. The van der Waals surface area contributed by atoms with Crippen molar-refractivity contribution in [1.29, 1.82) is 0 Å². The minimum atomic E-state index is -0.382. The monoisotopic (exact) mass is 1820 g/mol. The summed E-state index contributed by atoms with van der Waals surface area (Å²) in [5.74, 6) is 8.16. The Hall–Kier alpha value is -9.94. The summed E-state index contributed by atoms with van der Waals surface area (Å²) in [5, 5.41) is 72.2. The molecule has 2 fully saturated rings. The first-order valence-electron chi connectivity index (χ1n) is 50.5. The number of aryl methyl sites for hydroxylation is 7. The third kappa shape index (κ3) is 30.8. The molecule has 4 aliphatic heterocycles. The number of hydrogen-bond acceptors (Lipinski definition) is 12. The largest absolute Gasteiger partial charge is 0.508 e. The molecule has 7 aromatic carbocycles. The highest BCUT2D eigenvalue weighted by Crippen LogP contribution is 2.74. The molecule has 6 aliphatic rings. The van der Waals surface area contributed by atoms with Crippen LogP contribution in [0.5, 0.6) is 69.0 Å². The molecular formula is C121H170O12. The fraction of sp³-hybridized carbons (Fsp3) is 0.521. The first-order valence-corrected chi connectivity index (χ1v) is 50.5. The van der Waals surface area contributed by atoms with Gasteiger partial charge >= 0.3 is 0 Å². The third-order valence-electron chi connectivity index (χ3n) is 27.3. The molecule has 2 saturated carbocycles. The Labute approximate surface area is 803 Å². The zero-order valence-electron chi connectivity index (χ0n) is 86.6. The summed E-state index contributed by atoms with van der Waals surface area (Å²) in [4.78, 5) is 0. The molecule has 6 atom stereocenters. The molecule has 13 rings (SSSR count). The van der Waals surface area contributed by atoms with E-state index in [1.165, 1.54) is 95.9 Å². The Balaban J connectivity index is 0.000000197. The van der Waals surface area contributed by atoms with Crippen LogP contribution in [0.4, 0.5) is 0 Å². The van der Waals surface area contributed by atoms with Crippen molar-refractivity contribution in [2.24, 2.45) is 17.3 Å². The van der Waals surface area contributed by atoms with Gasteiger partial charge in [-0.05, 0) is 393 Å². The number of unbranched alkanes of at least 4 members (excludes halogenated alkanes) is 6. The van der Waals surface area contributed by atoms with Crippen LogP contribution in [0.3, 0.4) is 0 Å². The molecule has 0 saturated heterocycles. The average Bonchev–Trinajstić information content (AvgIpc) is 1.53. The van der Waals surface area contributed by atoms with Crippen molar-refractivity contribution in [1.82, 2.24) is 0 Å². The minimum absolute atomic E-state index is 0.0215. The van der Waals surface area contributed by atoms with E-state index in [0.29, 0.717) is 59.0 Å². The molecule has 7 N–H and O–H groups in total. The van der Waals surface area contributed by atoms with E-state index in [2.05, 4.69) is 263 Å². The second-order valence-corrected chi connectivity index (χ2v) is 41.4. The molecule has 726 valence electrons. The predicted octanol–water partition coefficient (Wildman–Crippen LogP) is 33.3. The van der Waals surface area contributed by atoms with E-state index >= 15 is 0 Å². The molecule has 133 heavy (non-hydrogen) atoms. The maximum atomic E-state index is 10.7. The Morgan fingerprint density at radius 1 is 0.406 bits per heavy atom. The number of hydrogen-bond donors (Lipinski definition) is 7. The number of benzene rings is 7. The van der Waals surface area contributed by atoms with Gasteiger partial charge in [0.1, 0.15) is 91.4 Å². The van der Waals surface area contributed by atoms with E-state index in [-0.39, 0.29) is 39.3 Å². The highest BCUT2D eigenvalue weighted by molar-refractivity contribution is 5.82. The molecule has 0 aromatic heterocycles. The Morgan fingerprint density at radius 2 is 0.805 bits per heavy atom. The molecule has 12 nitrogen and oxygen atoms in total. The molecule has 0 bridgehead atoms. The molecule has 4 heterocycles. The Morgan fingerprint density at radius 3 is 1.26 bits per heavy atom. The van der Waals surface area contributed by atoms with Crippen LogP contribution < -0.4 is 23.7 Å². The van der Waals surface area contributed by atoms with Gasteiger partial charge in [0.2, 0.25) is 0 Å². The van der Waals surface area contributed by atoms with Gasteiger partial charge in [-0.3, -0.25) is 0 Å². The van der Waals surface area contributed by atoms with Crippen molar-refractivity contribution in [2.45, 2.75) is 387 Å². The van der Waals surface area contributed by atoms with Gasteiger partial charge in [-0.25, -0.2) is 0 Å². The maximum Gasteiger partial charge on any atom is 0.132 e. The first-order chi connectivity index (χ1) is 63.1. The van der Waals surface area contributed by atoms with Crippen LogP contribution in [0.2, 0.25) is 0 Å². The van der Waals surface area contributed by atoms with E-state index in [1.54, 1.807) is 19.2 Å². The molecule has 0 amide bonds. The van der Waals surface area contributed by atoms with Crippen molar-refractivity contribution in [3.8, 4) is 80.1 Å². The minimum Gasteiger partial charge on any atom is -0.508 e. The van der Waals surface area contributed by atoms with Crippen LogP contribution in [-0.4, -0.2) is 59.7 Å². The van der Waals surface area contributed by atoms with Crippen molar-refractivity contribution < 1.29 is 59.4 Å². The predicted molar refractivity (Wildman–Crippen MR) is 560 cm³/mol. The molecular weight excluding hydrogens is 1650 g/mol. The van der Waals surface area contributed by atoms with Crippen LogP contribution >= 0.6 is 0 Å². The third-order valence-corrected chi connectivity index (χ3v) is 27.3. The van der Waals surface area contributed by atoms with Crippen LogP contribution in [-0.2, 0) is 57.0 Å². The number of fused-ring (bicyclic) bond motifs is 7. The summed E-state index contributed by atoms with van der Waals surface area (Å²) in [6.07, 6.45) is 52.9. The van der Waals surface area contributed by atoms with Gasteiger partial charge in [-0.1, -0.05) is 207 Å². The molecule has 7 aromatic rings. The molecule has 2 aliphatic carbocycles. The number of methoxy groups -OCH3 is 1. The van der Waals surface area contributed by atoms with Gasteiger partial charge in [-0.15, -0.1) is 0 Å². The highest BCUT2D eigenvalue weighted by atomic mass is 16.5. The summed E-state index contributed by atoms with van der Waals surface area (Å²) in [5.41, 5.74) is 22.5. The summed E-state index contributed by atoms with van der Waals surface area (Å²) in [6, 6.07) is 29.9. The molecule has 0 spiro atoms. The lowest BCUT2D eigenvalue weighted by Crippen LogP contribution is -2.59. The SMILES string of the molecule is CCCCCc1cc(O)c(C/C=C(\C)CCC=C(C)C)c(OC)c1.CCCCCc1cc(O)c2c(c1)OC(C)(CCC=C(C)C)C=C2.CCCCCc1cc(O)c2c(c1)OC1(C)CCC3C1C2C3(C)C.CCCc1cc(O)c(C/C=C(\C)CCC=C(C)C)c(O)c1.CCCc1cc(O)c2c(c1)OC(C)(C)c1ccc(C)cc1-2.CCCc1cc(O)c2c(c1)OC(C)(CCC=C(C)C)C=C2. The van der Waals surface area contributed by atoms with Crippen molar-refractivity contribution >= 4 is 12.2 Å². The molecule has 12 heteroatoms. The standard InChI is InChI=1S/C22H34O2.2C21H30O2.C19H22O2.C19H26O2.C19H28O2/c1-6-7-8-12-19-15-21(23)20(22(16-19)24-5)14-13-18(4)11-9-10-17(2)3;1-5-6-7-8-13-11-15(22)17-16(12-13)23-21(4)10-9-14-18(21)19(17)20(14,2)3;1-5-6-7-10-17-14-19(22)18-11-13-21(4,23-20(18)15-17)12-8-9-16(2)3;1-5-6-13-10-16(20)18-14-9-12(2)7-8-15(14)19(3,4)21-17(18)11-13;1-5-7-15-12-17(20)16-9-11-19(4,21-18(16)13-15)10-6-8-14(2)3;1-5-7-16-12-18(20)17(19(21)13-16)11-10-15(4)9-6-8-14(2)3/h10,13,15-16,23H,6-9,11-12,14H2,1-5H3;11-12,14,18-19,22H,5-10H2,1-4H3;9,11,13-15,22H,5-8,10,12H2,1-4H3;7-11,20H,5-6H2,1-4H3;8-9,11-13,20H,5-7,10H2,1-4H3;8,10,12-13,20-21H,5-7,9,11H2,1-4H3/b18-13+;;;;;15-10+. The number of ether oxygens (including phenoxy) is 5. The lowest BCUT2D eigenvalue weighted by molar-refractivity contribution is -0.121. The van der Waals surface area contributed by atoms with Crippen molar-refractivity contribution in [3.05, 3.63) is 245 Å². The summed E-state index contributed by atoms with van der Waals surface area (Å²) < 4.78 is 30.7. The van der Waals surface area contributed by atoms with Crippen LogP contribution in [0.25, 0.3) is 23.3 Å². The van der Waals surface area contributed by atoms with Crippen molar-refractivity contribution in [2.75, 3.05) is 7.11 Å². The van der Waals surface area contributed by atoms with E-state index in [0.717, 1.165) is 230 Å². The maximum absolute atomic E-state index is 10.7. The lowest BCUT2D eigenvalue weighted by atomic mass is 9.45. The van der Waals surface area contributed by atoms with Gasteiger partial charge in [0.05, 0.1) is 23.8 Å². The van der Waals surface area contributed by atoms with Gasteiger partial charge in [-0.2, -0.15) is 0 Å². The van der Waals surface area contributed by atoms with Crippen LogP contribution in [0, 0.1) is 24.2 Å². The number of phenols is 7. The quantitative estimate of drug-likeness (QED) is 0.0147. The van der Waals surface area contributed by atoms with Gasteiger partial charge < -0.3 is 59.4 Å². The van der Waals surface area contributed by atoms with Gasteiger partial charge in [0.15, 0.2) is 0 Å². The normalized spacial score (nSPS) is 18.9. The number of aromatic hydroxyl groups is 7. The van der Waals surface area contributed by atoms with Gasteiger partial charge in [0, 0.05) is 34.1 Å². The summed E-state index contributed by atoms with van der Waals surface area (Å²) >= 11 is 0.